The predicted molar refractivity (Wildman–Crippen MR) is 55.3 cm³/mol. The van der Waals surface area contributed by atoms with Crippen LogP contribution in [0, 0.1) is 17.8 Å². The van der Waals surface area contributed by atoms with Crippen molar-refractivity contribution in [2.45, 2.75) is 30.8 Å². The zero-order valence-electron chi connectivity index (χ0n) is 9.13. The average Bonchev–Trinajstić information content (AvgIpc) is 2.56. The van der Waals surface area contributed by atoms with Gasteiger partial charge in [-0.3, -0.25) is 4.55 Å². The highest BCUT2D eigenvalue weighted by molar-refractivity contribution is 7.86. The van der Waals surface area contributed by atoms with Gasteiger partial charge in [0.05, 0.1) is 18.5 Å². The molecular weight excluding hydrogens is 232 g/mol. The SMILES string of the molecule is CC(C1C2CCC3(OCCO3)C21)S(=O)(=O)O. The van der Waals surface area contributed by atoms with Gasteiger partial charge in [-0.25, -0.2) is 0 Å². The summed E-state index contributed by atoms with van der Waals surface area (Å²) in [5.41, 5.74) is 0. The van der Waals surface area contributed by atoms with Crippen molar-refractivity contribution in [3.8, 4) is 0 Å². The first-order valence-corrected chi connectivity index (χ1v) is 7.20. The Bertz CT molecular complexity index is 392. The van der Waals surface area contributed by atoms with Gasteiger partial charge in [-0.05, 0) is 25.2 Å². The van der Waals surface area contributed by atoms with Gasteiger partial charge in [0, 0.05) is 12.3 Å². The summed E-state index contributed by atoms with van der Waals surface area (Å²) < 4.78 is 42.6. The van der Waals surface area contributed by atoms with E-state index in [0.717, 1.165) is 12.8 Å². The standard InChI is InChI=1S/C10H16O5S/c1-6(16(11,12)13)8-7-2-3-10(9(7)8)14-4-5-15-10/h6-9H,2-5H2,1H3,(H,11,12,13). The third-order valence-corrected chi connectivity index (χ3v) is 5.61. The van der Waals surface area contributed by atoms with Gasteiger partial charge in [0.15, 0.2) is 5.79 Å². The van der Waals surface area contributed by atoms with Gasteiger partial charge < -0.3 is 9.47 Å². The maximum atomic E-state index is 11.1. The minimum absolute atomic E-state index is 0.00171. The summed E-state index contributed by atoms with van der Waals surface area (Å²) in [7, 11) is -3.94. The van der Waals surface area contributed by atoms with Crippen molar-refractivity contribution < 1.29 is 22.4 Å². The Morgan fingerprint density at radius 3 is 2.56 bits per heavy atom. The van der Waals surface area contributed by atoms with Gasteiger partial charge in [-0.1, -0.05) is 0 Å². The molecule has 1 N–H and O–H groups in total. The van der Waals surface area contributed by atoms with E-state index in [1.54, 1.807) is 6.92 Å². The third-order valence-electron chi connectivity index (χ3n) is 4.35. The normalized spacial score (nSPS) is 42.2. The van der Waals surface area contributed by atoms with Crippen LogP contribution in [0.3, 0.4) is 0 Å². The van der Waals surface area contributed by atoms with E-state index in [1.165, 1.54) is 0 Å². The molecule has 2 saturated carbocycles. The maximum absolute atomic E-state index is 11.1. The van der Waals surface area contributed by atoms with Crippen molar-refractivity contribution in [2.75, 3.05) is 13.2 Å². The van der Waals surface area contributed by atoms with Crippen LogP contribution in [0.2, 0.25) is 0 Å². The van der Waals surface area contributed by atoms with Crippen molar-refractivity contribution >= 4 is 10.1 Å². The molecule has 3 rings (SSSR count). The summed E-state index contributed by atoms with van der Waals surface area (Å²) in [6.07, 6.45) is 1.80. The van der Waals surface area contributed by atoms with Crippen LogP contribution < -0.4 is 0 Å². The fourth-order valence-electron chi connectivity index (χ4n) is 3.57. The molecule has 5 nitrogen and oxygen atoms in total. The summed E-state index contributed by atoms with van der Waals surface area (Å²) >= 11 is 0. The van der Waals surface area contributed by atoms with Crippen LogP contribution >= 0.6 is 0 Å². The molecule has 0 bridgehead atoms. The van der Waals surface area contributed by atoms with E-state index < -0.39 is 21.2 Å². The van der Waals surface area contributed by atoms with Crippen LogP contribution in [0.15, 0.2) is 0 Å². The van der Waals surface area contributed by atoms with Gasteiger partial charge in [-0.2, -0.15) is 8.42 Å². The highest BCUT2D eigenvalue weighted by Gasteiger charge is 2.70. The van der Waals surface area contributed by atoms with Crippen molar-refractivity contribution in [1.29, 1.82) is 0 Å². The van der Waals surface area contributed by atoms with E-state index in [4.69, 9.17) is 14.0 Å². The minimum Gasteiger partial charge on any atom is -0.347 e. The molecule has 92 valence electrons. The fraction of sp³-hybridized carbons (Fsp3) is 1.00. The second-order valence-corrected chi connectivity index (χ2v) is 6.81. The average molecular weight is 248 g/mol. The molecule has 1 saturated heterocycles. The van der Waals surface area contributed by atoms with E-state index in [0.29, 0.717) is 19.1 Å². The molecule has 3 fully saturated rings. The molecule has 4 atom stereocenters. The monoisotopic (exact) mass is 248 g/mol. The third kappa shape index (κ3) is 1.37. The number of fused-ring (bicyclic) bond motifs is 2. The summed E-state index contributed by atoms with van der Waals surface area (Å²) in [4.78, 5) is 0. The Labute approximate surface area is 94.9 Å². The van der Waals surface area contributed by atoms with Gasteiger partial charge in [0.25, 0.3) is 10.1 Å². The molecule has 2 aliphatic carbocycles. The van der Waals surface area contributed by atoms with E-state index in [9.17, 15) is 8.42 Å². The zero-order chi connectivity index (χ0) is 11.6. The number of rotatable bonds is 2. The lowest BCUT2D eigenvalue weighted by Crippen LogP contribution is -2.34. The molecule has 1 heterocycles. The lowest BCUT2D eigenvalue weighted by molar-refractivity contribution is -0.170. The number of hydrogen-bond donors (Lipinski definition) is 1. The minimum atomic E-state index is -3.94. The first-order valence-electron chi connectivity index (χ1n) is 5.70. The lowest BCUT2D eigenvalue weighted by atomic mass is 10.0. The summed E-state index contributed by atoms with van der Waals surface area (Å²) in [5, 5.41) is -0.701. The zero-order valence-corrected chi connectivity index (χ0v) is 9.94. The van der Waals surface area contributed by atoms with Gasteiger partial charge in [0.1, 0.15) is 0 Å². The summed E-state index contributed by atoms with van der Waals surface area (Å²) in [6, 6.07) is 0. The molecule has 3 aliphatic rings. The Hall–Kier alpha value is -0.170. The molecule has 0 aromatic rings. The van der Waals surface area contributed by atoms with E-state index in [-0.39, 0.29) is 11.8 Å². The molecule has 1 spiro atoms. The van der Waals surface area contributed by atoms with Gasteiger partial charge in [0.2, 0.25) is 0 Å². The van der Waals surface area contributed by atoms with E-state index >= 15 is 0 Å². The van der Waals surface area contributed by atoms with E-state index in [2.05, 4.69) is 0 Å². The molecule has 16 heavy (non-hydrogen) atoms. The molecule has 4 unspecified atom stereocenters. The van der Waals surface area contributed by atoms with Crippen LogP contribution in [0.4, 0.5) is 0 Å². The van der Waals surface area contributed by atoms with Crippen LogP contribution in [-0.4, -0.2) is 37.2 Å². The first-order chi connectivity index (χ1) is 7.46. The fourth-order valence-corrected chi connectivity index (χ4v) is 4.34. The molecule has 6 heteroatoms. The summed E-state index contributed by atoms with van der Waals surface area (Å²) in [6.45, 7) is 2.76. The Morgan fingerprint density at radius 1 is 1.38 bits per heavy atom. The number of hydrogen-bond acceptors (Lipinski definition) is 4. The molecule has 0 aromatic carbocycles. The second kappa shape index (κ2) is 3.19. The number of ether oxygens (including phenoxy) is 2. The van der Waals surface area contributed by atoms with Crippen LogP contribution in [0.25, 0.3) is 0 Å². The van der Waals surface area contributed by atoms with Crippen LogP contribution in [0.1, 0.15) is 19.8 Å². The molecule has 0 aromatic heterocycles. The van der Waals surface area contributed by atoms with E-state index in [1.807, 2.05) is 0 Å². The largest absolute Gasteiger partial charge is 0.347 e. The summed E-state index contributed by atoms with van der Waals surface area (Å²) in [5.74, 6) is -0.0299. The van der Waals surface area contributed by atoms with Gasteiger partial charge >= 0.3 is 0 Å². The maximum Gasteiger partial charge on any atom is 0.267 e. The lowest BCUT2D eigenvalue weighted by Gasteiger charge is -2.26. The highest BCUT2D eigenvalue weighted by Crippen LogP contribution is 2.66. The van der Waals surface area contributed by atoms with Crippen molar-refractivity contribution in [2.24, 2.45) is 17.8 Å². The smallest absolute Gasteiger partial charge is 0.267 e. The second-order valence-electron chi connectivity index (χ2n) is 5.03. The quantitative estimate of drug-likeness (QED) is 0.727. The Kier molecular flexibility index (Phi) is 2.18. The topological polar surface area (TPSA) is 72.8 Å². The highest BCUT2D eigenvalue weighted by atomic mass is 32.2. The molecule has 1 aliphatic heterocycles. The van der Waals surface area contributed by atoms with Crippen LogP contribution in [-0.2, 0) is 19.6 Å². The van der Waals surface area contributed by atoms with Crippen molar-refractivity contribution in [1.82, 2.24) is 0 Å². The Morgan fingerprint density at radius 2 is 2.00 bits per heavy atom. The first kappa shape index (κ1) is 11.0. The Balaban J connectivity index is 1.80. The van der Waals surface area contributed by atoms with Crippen LogP contribution in [0.5, 0.6) is 0 Å². The molecule has 0 radical (unpaired) electrons. The van der Waals surface area contributed by atoms with Gasteiger partial charge in [-0.15, -0.1) is 0 Å². The van der Waals surface area contributed by atoms with Crippen molar-refractivity contribution in [3.05, 3.63) is 0 Å². The predicted octanol–water partition coefficient (Wildman–Crippen LogP) is 0.662. The molecule has 0 amide bonds. The van der Waals surface area contributed by atoms with Crippen molar-refractivity contribution in [3.63, 3.8) is 0 Å². The molecular formula is C10H16O5S.